The SMILES string of the molecule is C=CCNCC(C)N.Cl.Cl. The molecule has 0 aromatic carbocycles. The van der Waals surface area contributed by atoms with Gasteiger partial charge in [0, 0.05) is 19.1 Å². The van der Waals surface area contributed by atoms with Gasteiger partial charge in [-0.05, 0) is 6.92 Å². The third-order valence-corrected chi connectivity index (χ3v) is 0.755. The Kier molecular flexibility index (Phi) is 20.0. The quantitative estimate of drug-likeness (QED) is 0.508. The molecule has 0 saturated heterocycles. The van der Waals surface area contributed by atoms with Crippen LogP contribution in [0.5, 0.6) is 0 Å². The number of hydrogen-bond acceptors (Lipinski definition) is 2. The van der Waals surface area contributed by atoms with E-state index in [0.29, 0.717) is 0 Å². The molecule has 0 aromatic heterocycles. The highest BCUT2D eigenvalue weighted by atomic mass is 35.5. The molecule has 1 unspecified atom stereocenters. The van der Waals surface area contributed by atoms with E-state index in [1.54, 1.807) is 0 Å². The minimum atomic E-state index is 0. The van der Waals surface area contributed by atoms with Crippen molar-refractivity contribution < 1.29 is 0 Å². The molecule has 0 aliphatic rings. The summed E-state index contributed by atoms with van der Waals surface area (Å²) in [6.45, 7) is 7.24. The maximum atomic E-state index is 5.44. The van der Waals surface area contributed by atoms with E-state index in [4.69, 9.17) is 5.73 Å². The largest absolute Gasteiger partial charge is 0.327 e. The van der Waals surface area contributed by atoms with Crippen molar-refractivity contribution in [3.8, 4) is 0 Å². The summed E-state index contributed by atoms with van der Waals surface area (Å²) in [5, 5.41) is 3.09. The van der Waals surface area contributed by atoms with E-state index in [0.717, 1.165) is 13.1 Å². The molecule has 0 saturated carbocycles. The predicted molar refractivity (Wildman–Crippen MR) is 51.2 cm³/mol. The molecule has 2 nitrogen and oxygen atoms in total. The number of rotatable bonds is 4. The van der Waals surface area contributed by atoms with Gasteiger partial charge >= 0.3 is 0 Å². The number of halogens is 2. The zero-order chi connectivity index (χ0) is 6.41. The van der Waals surface area contributed by atoms with Crippen LogP contribution in [0.1, 0.15) is 6.92 Å². The molecule has 0 spiro atoms. The summed E-state index contributed by atoms with van der Waals surface area (Å²) in [7, 11) is 0. The second-order valence-corrected chi connectivity index (χ2v) is 1.92. The lowest BCUT2D eigenvalue weighted by Gasteiger charge is -2.02. The monoisotopic (exact) mass is 186 g/mol. The molecule has 0 aliphatic heterocycles. The van der Waals surface area contributed by atoms with Crippen molar-refractivity contribution in [2.45, 2.75) is 13.0 Å². The van der Waals surface area contributed by atoms with Gasteiger partial charge in [-0.15, -0.1) is 31.4 Å². The average Bonchev–Trinajstić information content (AvgIpc) is 1.66. The fourth-order valence-electron chi connectivity index (χ4n) is 0.413. The van der Waals surface area contributed by atoms with Gasteiger partial charge in [0.2, 0.25) is 0 Å². The fraction of sp³-hybridized carbons (Fsp3) is 0.667. The predicted octanol–water partition coefficient (Wildman–Crippen LogP) is 0.953. The standard InChI is InChI=1S/C6H14N2.2ClH/c1-3-4-8-5-6(2)7;;/h3,6,8H,1,4-5,7H2,2H3;2*1H. The Hall–Kier alpha value is 0.240. The highest BCUT2D eigenvalue weighted by molar-refractivity contribution is 5.85. The van der Waals surface area contributed by atoms with Gasteiger partial charge in [0.15, 0.2) is 0 Å². The Labute approximate surface area is 75.1 Å². The van der Waals surface area contributed by atoms with Crippen molar-refractivity contribution in [2.75, 3.05) is 13.1 Å². The Morgan fingerprint density at radius 3 is 2.40 bits per heavy atom. The second-order valence-electron chi connectivity index (χ2n) is 1.92. The van der Waals surface area contributed by atoms with Crippen LogP contribution >= 0.6 is 24.8 Å². The maximum absolute atomic E-state index is 5.44. The van der Waals surface area contributed by atoms with Gasteiger partial charge < -0.3 is 11.1 Å². The van der Waals surface area contributed by atoms with Gasteiger partial charge in [-0.2, -0.15) is 0 Å². The molecule has 0 fully saturated rings. The lowest BCUT2D eigenvalue weighted by atomic mass is 10.4. The van der Waals surface area contributed by atoms with E-state index >= 15 is 0 Å². The first-order valence-electron chi connectivity index (χ1n) is 2.84. The summed E-state index contributed by atoms with van der Waals surface area (Å²) in [6.07, 6.45) is 1.82. The van der Waals surface area contributed by atoms with Crippen molar-refractivity contribution in [3.05, 3.63) is 12.7 Å². The topological polar surface area (TPSA) is 38.0 Å². The Morgan fingerprint density at radius 2 is 2.10 bits per heavy atom. The van der Waals surface area contributed by atoms with Crippen LogP contribution in [-0.2, 0) is 0 Å². The molecule has 0 radical (unpaired) electrons. The summed E-state index contributed by atoms with van der Waals surface area (Å²) in [5.41, 5.74) is 5.44. The van der Waals surface area contributed by atoms with Gasteiger partial charge in [0.1, 0.15) is 0 Å². The molecule has 0 bridgehead atoms. The van der Waals surface area contributed by atoms with Gasteiger partial charge in [0.05, 0.1) is 0 Å². The zero-order valence-corrected chi connectivity index (χ0v) is 7.80. The van der Waals surface area contributed by atoms with Gasteiger partial charge in [-0.3, -0.25) is 0 Å². The van der Waals surface area contributed by atoms with Crippen LogP contribution < -0.4 is 11.1 Å². The molecule has 1 atom stereocenters. The first-order valence-corrected chi connectivity index (χ1v) is 2.84. The Morgan fingerprint density at radius 1 is 1.60 bits per heavy atom. The van der Waals surface area contributed by atoms with E-state index in [-0.39, 0.29) is 30.9 Å². The summed E-state index contributed by atoms with van der Waals surface area (Å²) < 4.78 is 0. The van der Waals surface area contributed by atoms with Crippen LogP contribution in [0.4, 0.5) is 0 Å². The van der Waals surface area contributed by atoms with Crippen molar-refractivity contribution >= 4 is 24.8 Å². The van der Waals surface area contributed by atoms with E-state index in [9.17, 15) is 0 Å². The van der Waals surface area contributed by atoms with Crippen LogP contribution in [0, 0.1) is 0 Å². The summed E-state index contributed by atoms with van der Waals surface area (Å²) in [5.74, 6) is 0. The zero-order valence-electron chi connectivity index (χ0n) is 6.17. The van der Waals surface area contributed by atoms with Crippen molar-refractivity contribution in [2.24, 2.45) is 5.73 Å². The third kappa shape index (κ3) is 15.7. The average molecular weight is 187 g/mol. The first-order chi connectivity index (χ1) is 3.77. The maximum Gasteiger partial charge on any atom is 0.0136 e. The molecule has 10 heavy (non-hydrogen) atoms. The number of nitrogens with one attached hydrogen (secondary N) is 1. The van der Waals surface area contributed by atoms with Gasteiger partial charge in [-0.25, -0.2) is 0 Å². The summed E-state index contributed by atoms with van der Waals surface area (Å²) in [6, 6.07) is 0.245. The van der Waals surface area contributed by atoms with E-state index < -0.39 is 0 Å². The van der Waals surface area contributed by atoms with E-state index in [2.05, 4.69) is 11.9 Å². The van der Waals surface area contributed by atoms with E-state index in [1.807, 2.05) is 13.0 Å². The normalized spacial score (nSPS) is 10.6. The highest BCUT2D eigenvalue weighted by Gasteiger charge is 1.87. The second kappa shape index (κ2) is 12.0. The van der Waals surface area contributed by atoms with Crippen molar-refractivity contribution in [1.29, 1.82) is 0 Å². The minimum Gasteiger partial charge on any atom is -0.327 e. The van der Waals surface area contributed by atoms with Crippen LogP contribution in [0.25, 0.3) is 0 Å². The first kappa shape index (κ1) is 16.7. The Bertz CT molecular complexity index is 66.8. The molecule has 0 amide bonds. The number of nitrogens with two attached hydrogens (primary N) is 1. The van der Waals surface area contributed by atoms with Crippen LogP contribution in [0.15, 0.2) is 12.7 Å². The molecule has 0 heterocycles. The molecule has 0 aromatic rings. The lowest BCUT2D eigenvalue weighted by Crippen LogP contribution is -2.30. The molecule has 0 rings (SSSR count). The van der Waals surface area contributed by atoms with Crippen LogP contribution in [0.2, 0.25) is 0 Å². The van der Waals surface area contributed by atoms with Gasteiger partial charge in [0.25, 0.3) is 0 Å². The van der Waals surface area contributed by atoms with E-state index in [1.165, 1.54) is 0 Å². The summed E-state index contributed by atoms with van der Waals surface area (Å²) >= 11 is 0. The fourth-order valence-corrected chi connectivity index (χ4v) is 0.413. The van der Waals surface area contributed by atoms with Crippen LogP contribution in [0.3, 0.4) is 0 Å². The third-order valence-electron chi connectivity index (χ3n) is 0.755. The molecule has 64 valence electrons. The van der Waals surface area contributed by atoms with Crippen molar-refractivity contribution in [1.82, 2.24) is 5.32 Å². The molecule has 3 N–H and O–H groups in total. The van der Waals surface area contributed by atoms with Crippen LogP contribution in [-0.4, -0.2) is 19.1 Å². The summed E-state index contributed by atoms with van der Waals surface area (Å²) in [4.78, 5) is 0. The molecular formula is C6H16Cl2N2. The molecule has 0 aliphatic carbocycles. The number of hydrogen-bond donors (Lipinski definition) is 2. The molecular weight excluding hydrogens is 171 g/mol. The van der Waals surface area contributed by atoms with Crippen molar-refractivity contribution in [3.63, 3.8) is 0 Å². The highest BCUT2D eigenvalue weighted by Crippen LogP contribution is 1.68. The Balaban J connectivity index is -0.000000245. The minimum absolute atomic E-state index is 0. The lowest BCUT2D eigenvalue weighted by molar-refractivity contribution is 0.642. The van der Waals surface area contributed by atoms with Gasteiger partial charge in [-0.1, -0.05) is 6.08 Å². The molecule has 4 heteroatoms. The smallest absolute Gasteiger partial charge is 0.0136 e.